The Morgan fingerprint density at radius 3 is 2.79 bits per heavy atom. The van der Waals surface area contributed by atoms with Crippen LogP contribution in [-0.2, 0) is 13.6 Å². The van der Waals surface area contributed by atoms with Gasteiger partial charge in [0.25, 0.3) is 0 Å². The fourth-order valence-corrected chi connectivity index (χ4v) is 1.80. The highest BCUT2D eigenvalue weighted by molar-refractivity contribution is 5.54. The van der Waals surface area contributed by atoms with Crippen LogP contribution < -0.4 is 14.8 Å². The van der Waals surface area contributed by atoms with Crippen molar-refractivity contribution in [3.05, 3.63) is 36.4 Å². The maximum Gasteiger partial charge on any atom is 0.163 e. The van der Waals surface area contributed by atoms with Gasteiger partial charge >= 0.3 is 0 Å². The zero-order valence-corrected chi connectivity index (χ0v) is 11.5. The Morgan fingerprint density at radius 2 is 2.16 bits per heavy atom. The van der Waals surface area contributed by atoms with Crippen LogP contribution in [0.15, 0.2) is 30.7 Å². The minimum absolute atomic E-state index is 0.613. The van der Waals surface area contributed by atoms with E-state index in [2.05, 4.69) is 10.3 Å². The molecule has 0 aliphatic rings. The zero-order chi connectivity index (χ0) is 13.7. The lowest BCUT2D eigenvalue weighted by Gasteiger charge is -2.12. The highest BCUT2D eigenvalue weighted by Crippen LogP contribution is 2.30. The van der Waals surface area contributed by atoms with Crippen molar-refractivity contribution in [1.29, 1.82) is 0 Å². The summed E-state index contributed by atoms with van der Waals surface area (Å²) in [5, 5.41) is 3.34. The Hall–Kier alpha value is -2.17. The molecule has 1 aromatic carbocycles. The highest BCUT2D eigenvalue weighted by Gasteiger charge is 2.05. The van der Waals surface area contributed by atoms with E-state index in [1.165, 1.54) is 0 Å². The van der Waals surface area contributed by atoms with Crippen LogP contribution >= 0.6 is 0 Å². The van der Waals surface area contributed by atoms with Crippen LogP contribution in [-0.4, -0.2) is 23.3 Å². The molecule has 0 saturated heterocycles. The summed E-state index contributed by atoms with van der Waals surface area (Å²) in [6, 6.07) is 5.81. The maximum atomic E-state index is 5.55. The molecule has 19 heavy (non-hydrogen) atoms. The fraction of sp³-hybridized carbons (Fsp3) is 0.357. The number of aryl methyl sites for hydroxylation is 1. The monoisotopic (exact) mass is 261 g/mol. The third kappa shape index (κ3) is 3.19. The molecule has 0 atom stereocenters. The van der Waals surface area contributed by atoms with Crippen molar-refractivity contribution < 1.29 is 9.47 Å². The lowest BCUT2D eigenvalue weighted by atomic mass is 10.2. The number of rotatable bonds is 6. The molecule has 0 unspecified atom stereocenters. The number of hydrogen-bond donors (Lipinski definition) is 1. The van der Waals surface area contributed by atoms with Gasteiger partial charge in [-0.3, -0.25) is 0 Å². The van der Waals surface area contributed by atoms with Gasteiger partial charge in [0.15, 0.2) is 11.5 Å². The van der Waals surface area contributed by atoms with Gasteiger partial charge in [-0.05, 0) is 19.1 Å². The average molecular weight is 261 g/mol. The van der Waals surface area contributed by atoms with Gasteiger partial charge in [-0.2, -0.15) is 0 Å². The molecule has 0 saturated carbocycles. The van der Waals surface area contributed by atoms with E-state index in [1.54, 1.807) is 13.4 Å². The molecule has 0 spiro atoms. The number of methoxy groups -OCH3 is 1. The maximum absolute atomic E-state index is 5.55. The molecule has 2 rings (SSSR count). The van der Waals surface area contributed by atoms with Crippen molar-refractivity contribution in [3.63, 3.8) is 0 Å². The Balaban J connectivity index is 2.08. The van der Waals surface area contributed by atoms with Gasteiger partial charge in [0, 0.05) is 25.0 Å². The molecule has 5 heteroatoms. The van der Waals surface area contributed by atoms with E-state index in [0.717, 1.165) is 22.9 Å². The van der Waals surface area contributed by atoms with E-state index in [0.29, 0.717) is 13.2 Å². The number of ether oxygens (including phenoxy) is 2. The summed E-state index contributed by atoms with van der Waals surface area (Å²) in [6.07, 6.45) is 3.64. The molecule has 0 bridgehead atoms. The molecule has 2 aromatic rings. The molecule has 0 amide bonds. The van der Waals surface area contributed by atoms with Crippen LogP contribution in [0.4, 0.5) is 5.69 Å². The number of hydrogen-bond acceptors (Lipinski definition) is 4. The lowest BCUT2D eigenvalue weighted by Crippen LogP contribution is -2.04. The molecule has 5 nitrogen and oxygen atoms in total. The normalized spacial score (nSPS) is 10.3. The molecular weight excluding hydrogens is 242 g/mol. The third-order valence-electron chi connectivity index (χ3n) is 2.85. The highest BCUT2D eigenvalue weighted by atomic mass is 16.5. The summed E-state index contributed by atoms with van der Waals surface area (Å²) in [7, 11) is 3.62. The van der Waals surface area contributed by atoms with E-state index in [1.807, 2.05) is 42.9 Å². The van der Waals surface area contributed by atoms with E-state index in [4.69, 9.17) is 9.47 Å². The first-order chi connectivity index (χ1) is 9.24. The number of benzene rings is 1. The third-order valence-corrected chi connectivity index (χ3v) is 2.85. The topological polar surface area (TPSA) is 48.3 Å². The van der Waals surface area contributed by atoms with Gasteiger partial charge in [-0.15, -0.1) is 0 Å². The molecule has 0 aliphatic carbocycles. The minimum Gasteiger partial charge on any atom is -0.493 e. The van der Waals surface area contributed by atoms with Crippen molar-refractivity contribution in [2.24, 2.45) is 7.05 Å². The molecule has 1 heterocycles. The second-order valence-electron chi connectivity index (χ2n) is 4.15. The minimum atomic E-state index is 0.613. The smallest absolute Gasteiger partial charge is 0.163 e. The number of aromatic nitrogens is 2. The lowest BCUT2D eigenvalue weighted by molar-refractivity contribution is 0.311. The van der Waals surface area contributed by atoms with Crippen LogP contribution in [0.1, 0.15) is 12.6 Å². The average Bonchev–Trinajstić information content (AvgIpc) is 2.82. The summed E-state index contributed by atoms with van der Waals surface area (Å²) in [5.41, 5.74) is 2.11. The summed E-state index contributed by atoms with van der Waals surface area (Å²) in [6.45, 7) is 3.28. The largest absolute Gasteiger partial charge is 0.493 e. The van der Waals surface area contributed by atoms with Crippen LogP contribution in [0.5, 0.6) is 11.5 Å². The predicted octanol–water partition coefficient (Wildman–Crippen LogP) is 2.44. The van der Waals surface area contributed by atoms with Crippen molar-refractivity contribution >= 4 is 5.69 Å². The quantitative estimate of drug-likeness (QED) is 0.867. The van der Waals surface area contributed by atoms with Crippen molar-refractivity contribution in [2.45, 2.75) is 13.5 Å². The molecule has 1 aromatic heterocycles. The van der Waals surface area contributed by atoms with Crippen molar-refractivity contribution in [3.8, 4) is 11.5 Å². The van der Waals surface area contributed by atoms with Crippen LogP contribution in [0.3, 0.4) is 0 Å². The Kier molecular flexibility index (Phi) is 4.28. The molecule has 0 fully saturated rings. The first kappa shape index (κ1) is 13.3. The van der Waals surface area contributed by atoms with E-state index in [9.17, 15) is 0 Å². The first-order valence-electron chi connectivity index (χ1n) is 6.24. The van der Waals surface area contributed by atoms with Gasteiger partial charge in [-0.25, -0.2) is 4.98 Å². The van der Waals surface area contributed by atoms with Crippen LogP contribution in [0.25, 0.3) is 0 Å². The SMILES string of the molecule is CCOc1cc(NCc2cncn2C)ccc1OC. The van der Waals surface area contributed by atoms with Crippen LogP contribution in [0, 0.1) is 0 Å². The first-order valence-corrected chi connectivity index (χ1v) is 6.24. The van der Waals surface area contributed by atoms with Gasteiger partial charge in [-0.1, -0.05) is 0 Å². The number of nitrogens with one attached hydrogen (secondary N) is 1. The van der Waals surface area contributed by atoms with Gasteiger partial charge in [0.2, 0.25) is 0 Å². The summed E-state index contributed by atoms with van der Waals surface area (Å²) < 4.78 is 12.8. The number of imidazole rings is 1. The number of nitrogens with zero attached hydrogens (tertiary/aromatic N) is 2. The van der Waals surface area contributed by atoms with E-state index >= 15 is 0 Å². The molecule has 1 N–H and O–H groups in total. The predicted molar refractivity (Wildman–Crippen MR) is 74.7 cm³/mol. The Bertz CT molecular complexity index is 537. The summed E-state index contributed by atoms with van der Waals surface area (Å²) in [5.74, 6) is 1.49. The van der Waals surface area contributed by atoms with Gasteiger partial charge < -0.3 is 19.4 Å². The second kappa shape index (κ2) is 6.13. The standard InChI is InChI=1S/C14H19N3O2/c1-4-19-14-7-11(5-6-13(14)18-3)16-9-12-8-15-10-17(12)2/h5-8,10,16H,4,9H2,1-3H3. The molecule has 102 valence electrons. The van der Waals surface area contributed by atoms with Gasteiger partial charge in [0.05, 0.1) is 32.3 Å². The fourth-order valence-electron chi connectivity index (χ4n) is 1.80. The summed E-state index contributed by atoms with van der Waals surface area (Å²) >= 11 is 0. The zero-order valence-electron chi connectivity index (χ0n) is 11.5. The van der Waals surface area contributed by atoms with Crippen LogP contribution in [0.2, 0.25) is 0 Å². The van der Waals surface area contributed by atoms with E-state index in [-0.39, 0.29) is 0 Å². The molecule has 0 aliphatic heterocycles. The second-order valence-corrected chi connectivity index (χ2v) is 4.15. The number of anilines is 1. The Labute approximate surface area is 113 Å². The molecule has 0 radical (unpaired) electrons. The Morgan fingerprint density at radius 1 is 1.32 bits per heavy atom. The van der Waals surface area contributed by atoms with Crippen molar-refractivity contribution in [1.82, 2.24) is 9.55 Å². The van der Waals surface area contributed by atoms with E-state index < -0.39 is 0 Å². The summed E-state index contributed by atoms with van der Waals surface area (Å²) in [4.78, 5) is 4.09. The molecular formula is C14H19N3O2. The van der Waals surface area contributed by atoms with Crippen molar-refractivity contribution in [2.75, 3.05) is 19.0 Å². The van der Waals surface area contributed by atoms with Gasteiger partial charge in [0.1, 0.15) is 0 Å².